The maximum absolute atomic E-state index is 11.9. The van der Waals surface area contributed by atoms with Gasteiger partial charge in [0, 0.05) is 13.1 Å². The van der Waals surface area contributed by atoms with Crippen LogP contribution in [-0.4, -0.2) is 35.8 Å². The third-order valence-electron chi connectivity index (χ3n) is 3.09. The molecule has 0 aromatic carbocycles. The number of nitrogens with one attached hydrogen (secondary N) is 1. The van der Waals surface area contributed by atoms with Crippen LogP contribution in [0.3, 0.4) is 0 Å². The molecule has 0 aromatic heterocycles. The van der Waals surface area contributed by atoms with Gasteiger partial charge in [-0.15, -0.1) is 0 Å². The van der Waals surface area contributed by atoms with Gasteiger partial charge >= 0.3 is 0 Å². The maximum Gasteiger partial charge on any atom is 0.246 e. The molecular formula is C10H14N2O2. The monoisotopic (exact) mass is 194 g/mol. The minimum atomic E-state index is -0.589. The van der Waals surface area contributed by atoms with E-state index >= 15 is 0 Å². The number of carbonyl (C=O) groups is 2. The van der Waals surface area contributed by atoms with Crippen LogP contribution in [0.2, 0.25) is 0 Å². The van der Waals surface area contributed by atoms with Gasteiger partial charge in [0.25, 0.3) is 0 Å². The first-order chi connectivity index (χ1) is 6.79. The molecule has 2 heterocycles. The largest absolute Gasteiger partial charge is 0.351 e. The number of amides is 2. The van der Waals surface area contributed by atoms with Crippen LogP contribution in [0.5, 0.6) is 0 Å². The van der Waals surface area contributed by atoms with Gasteiger partial charge in [0.05, 0.1) is 0 Å². The Bertz CT molecular complexity index is 288. The van der Waals surface area contributed by atoms with Crippen molar-refractivity contribution in [2.75, 3.05) is 13.1 Å². The molecule has 0 bridgehead atoms. The molecular weight excluding hydrogens is 180 g/mol. The van der Waals surface area contributed by atoms with Crippen LogP contribution in [0, 0.1) is 0 Å². The Labute approximate surface area is 83.0 Å². The van der Waals surface area contributed by atoms with Crippen molar-refractivity contribution in [3.05, 3.63) is 12.2 Å². The highest BCUT2D eigenvalue weighted by Gasteiger charge is 2.46. The minimum Gasteiger partial charge on any atom is -0.351 e. The summed E-state index contributed by atoms with van der Waals surface area (Å²) in [7, 11) is 0. The van der Waals surface area contributed by atoms with Gasteiger partial charge in [0.2, 0.25) is 12.3 Å². The molecule has 4 nitrogen and oxygen atoms in total. The van der Waals surface area contributed by atoms with E-state index in [0.717, 1.165) is 19.3 Å². The van der Waals surface area contributed by atoms with Crippen LogP contribution in [0.25, 0.3) is 0 Å². The van der Waals surface area contributed by atoms with E-state index < -0.39 is 5.54 Å². The fraction of sp³-hybridized carbons (Fsp3) is 0.600. The molecule has 1 fully saturated rings. The standard InChI is InChI=1S/C10H14N2O2/c13-8-12-7-3-5-10(12)4-1-2-6-11-9(10)14/h1-2,8H,3-7H2,(H,11,14)/t10-/m0/s1. The van der Waals surface area contributed by atoms with Crippen LogP contribution < -0.4 is 5.32 Å². The topological polar surface area (TPSA) is 49.4 Å². The van der Waals surface area contributed by atoms with Crippen molar-refractivity contribution in [1.82, 2.24) is 10.2 Å². The summed E-state index contributed by atoms with van der Waals surface area (Å²) in [5.74, 6) is -0.00731. The fourth-order valence-corrected chi connectivity index (χ4v) is 2.29. The molecule has 1 N–H and O–H groups in total. The highest BCUT2D eigenvalue weighted by atomic mass is 16.2. The smallest absolute Gasteiger partial charge is 0.246 e. The number of carbonyl (C=O) groups excluding carboxylic acids is 2. The summed E-state index contributed by atoms with van der Waals surface area (Å²) in [5.41, 5.74) is -0.589. The van der Waals surface area contributed by atoms with Crippen molar-refractivity contribution < 1.29 is 9.59 Å². The van der Waals surface area contributed by atoms with Crippen LogP contribution >= 0.6 is 0 Å². The van der Waals surface area contributed by atoms with Gasteiger partial charge in [-0.3, -0.25) is 9.59 Å². The lowest BCUT2D eigenvalue weighted by Crippen LogP contribution is -2.54. The predicted molar refractivity (Wildman–Crippen MR) is 51.5 cm³/mol. The highest BCUT2D eigenvalue weighted by Crippen LogP contribution is 2.32. The number of hydrogen-bond acceptors (Lipinski definition) is 2. The van der Waals surface area contributed by atoms with Crippen molar-refractivity contribution in [2.24, 2.45) is 0 Å². The van der Waals surface area contributed by atoms with Gasteiger partial charge in [-0.25, -0.2) is 0 Å². The van der Waals surface area contributed by atoms with Gasteiger partial charge in [-0.2, -0.15) is 0 Å². The first kappa shape index (κ1) is 9.24. The molecule has 14 heavy (non-hydrogen) atoms. The molecule has 2 aliphatic rings. The zero-order valence-electron chi connectivity index (χ0n) is 8.03. The van der Waals surface area contributed by atoms with Crippen molar-refractivity contribution in [3.63, 3.8) is 0 Å². The van der Waals surface area contributed by atoms with E-state index in [1.807, 2.05) is 12.2 Å². The van der Waals surface area contributed by atoms with Gasteiger partial charge in [0.15, 0.2) is 0 Å². The molecule has 1 atom stereocenters. The summed E-state index contributed by atoms with van der Waals surface area (Å²) in [6.45, 7) is 1.28. The Balaban J connectivity index is 2.30. The van der Waals surface area contributed by atoms with E-state index in [9.17, 15) is 9.59 Å². The third-order valence-corrected chi connectivity index (χ3v) is 3.09. The number of likely N-dealkylation sites (tertiary alicyclic amines) is 1. The van der Waals surface area contributed by atoms with Crippen LogP contribution in [0.4, 0.5) is 0 Å². The molecule has 1 saturated heterocycles. The number of rotatable bonds is 1. The molecule has 0 aliphatic carbocycles. The molecule has 76 valence electrons. The maximum atomic E-state index is 11.9. The second-order valence-electron chi connectivity index (χ2n) is 3.82. The normalized spacial score (nSPS) is 31.7. The Kier molecular flexibility index (Phi) is 2.27. The van der Waals surface area contributed by atoms with Gasteiger partial charge in [0.1, 0.15) is 5.54 Å². The lowest BCUT2D eigenvalue weighted by atomic mass is 9.91. The van der Waals surface area contributed by atoms with Gasteiger partial charge in [-0.05, 0) is 19.3 Å². The Morgan fingerprint density at radius 3 is 3.14 bits per heavy atom. The summed E-state index contributed by atoms with van der Waals surface area (Å²) >= 11 is 0. The Morgan fingerprint density at radius 1 is 1.50 bits per heavy atom. The van der Waals surface area contributed by atoms with Crippen molar-refractivity contribution >= 4 is 12.3 Å². The average molecular weight is 194 g/mol. The summed E-state index contributed by atoms with van der Waals surface area (Å²) in [6, 6.07) is 0. The lowest BCUT2D eigenvalue weighted by Gasteiger charge is -2.32. The van der Waals surface area contributed by atoms with Crippen LogP contribution in [0.15, 0.2) is 12.2 Å². The van der Waals surface area contributed by atoms with Crippen molar-refractivity contribution in [2.45, 2.75) is 24.8 Å². The Morgan fingerprint density at radius 2 is 2.36 bits per heavy atom. The van der Waals surface area contributed by atoms with Crippen molar-refractivity contribution in [3.8, 4) is 0 Å². The third kappa shape index (κ3) is 1.22. The van der Waals surface area contributed by atoms with E-state index in [1.54, 1.807) is 4.90 Å². The summed E-state index contributed by atoms with van der Waals surface area (Å²) in [5, 5.41) is 2.82. The summed E-state index contributed by atoms with van der Waals surface area (Å²) < 4.78 is 0. The molecule has 0 radical (unpaired) electrons. The zero-order chi connectivity index (χ0) is 10.0. The Hall–Kier alpha value is -1.32. The number of nitrogens with zero attached hydrogens (tertiary/aromatic N) is 1. The van der Waals surface area contributed by atoms with Crippen molar-refractivity contribution in [1.29, 1.82) is 0 Å². The van der Waals surface area contributed by atoms with E-state index in [2.05, 4.69) is 5.32 Å². The SMILES string of the molecule is O=CN1CCC[C@]12CC=CCNC2=O. The molecule has 1 spiro atoms. The predicted octanol–water partition coefficient (Wildman–Crippen LogP) is 0.0535. The first-order valence-corrected chi connectivity index (χ1v) is 4.95. The average Bonchev–Trinajstić information content (AvgIpc) is 2.51. The van der Waals surface area contributed by atoms with Crippen LogP contribution in [-0.2, 0) is 9.59 Å². The summed E-state index contributed by atoms with van der Waals surface area (Å²) in [4.78, 5) is 24.4. The van der Waals surface area contributed by atoms with E-state index in [0.29, 0.717) is 19.5 Å². The molecule has 2 aliphatic heterocycles. The molecule has 0 saturated carbocycles. The lowest BCUT2D eigenvalue weighted by molar-refractivity contribution is -0.137. The molecule has 0 unspecified atom stereocenters. The second-order valence-corrected chi connectivity index (χ2v) is 3.82. The minimum absolute atomic E-state index is 0.00731. The summed E-state index contributed by atoms with van der Waals surface area (Å²) in [6.07, 6.45) is 7.07. The molecule has 2 rings (SSSR count). The van der Waals surface area contributed by atoms with Gasteiger partial charge < -0.3 is 10.2 Å². The quantitative estimate of drug-likeness (QED) is 0.474. The first-order valence-electron chi connectivity index (χ1n) is 4.95. The number of hydrogen-bond donors (Lipinski definition) is 1. The van der Waals surface area contributed by atoms with Gasteiger partial charge in [-0.1, -0.05) is 12.2 Å². The highest BCUT2D eigenvalue weighted by molar-refractivity contribution is 5.89. The molecule has 2 amide bonds. The zero-order valence-corrected chi connectivity index (χ0v) is 8.03. The van der Waals surface area contributed by atoms with E-state index in [-0.39, 0.29) is 5.91 Å². The van der Waals surface area contributed by atoms with Crippen LogP contribution in [0.1, 0.15) is 19.3 Å². The fourth-order valence-electron chi connectivity index (χ4n) is 2.29. The molecule has 0 aromatic rings. The molecule has 4 heteroatoms. The van der Waals surface area contributed by atoms with E-state index in [4.69, 9.17) is 0 Å². The van der Waals surface area contributed by atoms with E-state index in [1.165, 1.54) is 0 Å². The second kappa shape index (κ2) is 3.44.